The molecule has 6 rings (SSSR count). The lowest BCUT2D eigenvalue weighted by Crippen LogP contribution is -2.52. The monoisotopic (exact) mass is 647 g/mol. The third-order valence-electron chi connectivity index (χ3n) is 10.3. The number of hydrogen-bond donors (Lipinski definition) is 1. The van der Waals surface area contributed by atoms with E-state index in [4.69, 9.17) is 4.74 Å². The molecule has 2 amide bonds. The number of rotatable bonds is 8. The van der Waals surface area contributed by atoms with Crippen molar-refractivity contribution in [2.45, 2.75) is 103 Å². The second-order valence-electron chi connectivity index (χ2n) is 14.2. The lowest BCUT2D eigenvalue weighted by atomic mass is 9.81. The van der Waals surface area contributed by atoms with Crippen LogP contribution in [0.3, 0.4) is 0 Å². The van der Waals surface area contributed by atoms with Gasteiger partial charge in [-0.15, -0.1) is 0 Å². The zero-order valence-electron chi connectivity index (χ0n) is 27.5. The molecule has 2 aliphatic heterocycles. The Morgan fingerprint density at radius 3 is 2.26 bits per heavy atom. The van der Waals surface area contributed by atoms with Gasteiger partial charge >= 0.3 is 0 Å². The van der Waals surface area contributed by atoms with Crippen molar-refractivity contribution >= 4 is 38.5 Å². The Labute approximate surface area is 271 Å². The van der Waals surface area contributed by atoms with E-state index in [2.05, 4.69) is 22.3 Å². The summed E-state index contributed by atoms with van der Waals surface area (Å²) in [6.07, 6.45) is 9.07. The number of ketones is 1. The van der Waals surface area contributed by atoms with E-state index in [0.717, 1.165) is 78.3 Å². The van der Waals surface area contributed by atoms with Crippen LogP contribution < -0.4 is 9.46 Å². The number of piperidine rings is 1. The normalized spacial score (nSPS) is 20.7. The molecule has 0 spiro atoms. The minimum Gasteiger partial charge on any atom is -0.497 e. The molecular formula is C36H45N3O6S. The molecule has 2 aromatic carbocycles. The Morgan fingerprint density at radius 2 is 1.65 bits per heavy atom. The maximum atomic E-state index is 14.4. The van der Waals surface area contributed by atoms with Gasteiger partial charge in [0.2, 0.25) is 15.9 Å². The van der Waals surface area contributed by atoms with Gasteiger partial charge in [-0.3, -0.25) is 14.4 Å². The van der Waals surface area contributed by atoms with E-state index in [9.17, 15) is 22.8 Å². The molecule has 246 valence electrons. The first-order valence-corrected chi connectivity index (χ1v) is 18.3. The van der Waals surface area contributed by atoms with Gasteiger partial charge in [-0.1, -0.05) is 25.3 Å². The Morgan fingerprint density at radius 1 is 0.978 bits per heavy atom. The van der Waals surface area contributed by atoms with Gasteiger partial charge in [-0.05, 0) is 93.8 Å². The highest BCUT2D eigenvalue weighted by atomic mass is 32.2. The molecule has 1 saturated carbocycles. The van der Waals surface area contributed by atoms with Crippen LogP contribution in [0.15, 0.2) is 36.4 Å². The summed E-state index contributed by atoms with van der Waals surface area (Å²) in [5.41, 5.74) is 4.51. The SMILES string of the molecule is COc1ccc(-c2c(C3CCCCC3)c3ccc(C(=O)NS(C)(=O)=O)cc3n2CC(C)(C)C(=O)N2C3CCC2CC(=O)C3)c(C)c1. The summed E-state index contributed by atoms with van der Waals surface area (Å²) >= 11 is 0. The zero-order chi connectivity index (χ0) is 33.0. The first kappa shape index (κ1) is 32.3. The molecule has 1 N–H and O–H groups in total. The Bertz CT molecular complexity index is 1800. The topological polar surface area (TPSA) is 115 Å². The van der Waals surface area contributed by atoms with Crippen LogP contribution in [0.4, 0.5) is 0 Å². The maximum absolute atomic E-state index is 14.4. The smallest absolute Gasteiger partial charge is 0.264 e. The summed E-state index contributed by atoms with van der Waals surface area (Å²) < 4.78 is 33.8. The van der Waals surface area contributed by atoms with Gasteiger partial charge in [0.15, 0.2) is 0 Å². The van der Waals surface area contributed by atoms with E-state index in [1.807, 2.05) is 36.9 Å². The molecule has 2 unspecified atom stereocenters. The summed E-state index contributed by atoms with van der Waals surface area (Å²) in [6, 6.07) is 11.4. The highest BCUT2D eigenvalue weighted by Crippen LogP contribution is 2.47. The average Bonchev–Trinajstić information content (AvgIpc) is 3.46. The number of fused-ring (bicyclic) bond motifs is 3. The number of carbonyl (C=O) groups excluding carboxylic acids is 3. The fraction of sp³-hybridized carbons (Fsp3) is 0.528. The Hall–Kier alpha value is -3.66. The van der Waals surface area contributed by atoms with Gasteiger partial charge in [0, 0.05) is 53.5 Å². The van der Waals surface area contributed by atoms with Crippen molar-refractivity contribution in [2.75, 3.05) is 13.4 Å². The third kappa shape index (κ3) is 6.08. The summed E-state index contributed by atoms with van der Waals surface area (Å²) in [5, 5.41) is 1.01. The molecule has 10 heteroatoms. The minimum absolute atomic E-state index is 0.0388. The molecule has 2 atom stereocenters. The molecule has 3 heterocycles. The van der Waals surface area contributed by atoms with Crippen LogP contribution in [0.5, 0.6) is 5.75 Å². The van der Waals surface area contributed by atoms with Crippen LogP contribution in [0, 0.1) is 12.3 Å². The number of aromatic nitrogens is 1. The Balaban J connectivity index is 1.55. The number of methoxy groups -OCH3 is 1. The van der Waals surface area contributed by atoms with Gasteiger partial charge in [-0.2, -0.15) is 0 Å². The van der Waals surface area contributed by atoms with Crippen molar-refractivity contribution in [1.82, 2.24) is 14.2 Å². The predicted octanol–water partition coefficient (Wildman–Crippen LogP) is 6.11. The molecule has 3 aromatic rings. The van der Waals surface area contributed by atoms with Crippen molar-refractivity contribution < 1.29 is 27.5 Å². The quantitative estimate of drug-likeness (QED) is 0.316. The maximum Gasteiger partial charge on any atom is 0.264 e. The molecule has 3 aliphatic rings. The van der Waals surface area contributed by atoms with Crippen molar-refractivity contribution in [3.05, 3.63) is 53.1 Å². The molecule has 9 nitrogen and oxygen atoms in total. The molecular weight excluding hydrogens is 602 g/mol. The highest BCUT2D eigenvalue weighted by molar-refractivity contribution is 7.89. The van der Waals surface area contributed by atoms with Gasteiger partial charge in [-0.25, -0.2) is 13.1 Å². The number of ether oxygens (including phenoxy) is 1. The number of carbonyl (C=O) groups is 3. The molecule has 1 aromatic heterocycles. The standard InChI is InChI=1S/C36H45N3O6S/c1-22-17-28(45-4)14-16-29(22)33-32(23-9-7-6-8-10-23)30-15-11-24(34(41)37-46(5,43)44)18-31(30)38(33)21-36(2,3)35(42)39-25-12-13-26(39)20-27(40)19-25/h11,14-18,23,25-26H,6-10,12-13,19-21H2,1-5H3,(H,37,41). The fourth-order valence-corrected chi connectivity index (χ4v) is 8.60. The van der Waals surface area contributed by atoms with Crippen molar-refractivity contribution in [3.63, 3.8) is 0 Å². The van der Waals surface area contributed by atoms with Crippen molar-refractivity contribution in [1.29, 1.82) is 0 Å². The number of aryl methyl sites for hydroxylation is 1. The number of benzene rings is 2. The van der Waals surface area contributed by atoms with Crippen LogP contribution in [0.1, 0.15) is 99.0 Å². The largest absolute Gasteiger partial charge is 0.497 e. The summed E-state index contributed by atoms with van der Waals surface area (Å²) in [5.74, 6) is 0.640. The van der Waals surface area contributed by atoms with Gasteiger partial charge < -0.3 is 14.2 Å². The van der Waals surface area contributed by atoms with Crippen molar-refractivity contribution in [2.24, 2.45) is 5.41 Å². The van der Waals surface area contributed by atoms with Crippen LogP contribution >= 0.6 is 0 Å². The molecule has 3 fully saturated rings. The second-order valence-corrected chi connectivity index (χ2v) is 16.0. The minimum atomic E-state index is -3.76. The van der Waals surface area contributed by atoms with Crippen LogP contribution in [0.25, 0.3) is 22.2 Å². The van der Waals surface area contributed by atoms with Gasteiger partial charge in [0.1, 0.15) is 11.5 Å². The molecule has 2 saturated heterocycles. The zero-order valence-corrected chi connectivity index (χ0v) is 28.3. The van der Waals surface area contributed by atoms with E-state index in [-0.39, 0.29) is 29.3 Å². The number of amides is 2. The second kappa shape index (κ2) is 12.2. The average molecular weight is 648 g/mol. The highest BCUT2D eigenvalue weighted by Gasteiger charge is 2.47. The van der Waals surface area contributed by atoms with E-state index in [1.54, 1.807) is 19.2 Å². The van der Waals surface area contributed by atoms with E-state index in [1.165, 1.54) is 12.0 Å². The Kier molecular flexibility index (Phi) is 8.54. The van der Waals surface area contributed by atoms with E-state index >= 15 is 0 Å². The lowest BCUT2D eigenvalue weighted by Gasteiger charge is -2.39. The van der Waals surface area contributed by atoms with Crippen LogP contribution in [0.2, 0.25) is 0 Å². The first-order chi connectivity index (χ1) is 21.8. The fourth-order valence-electron chi connectivity index (χ4n) is 8.15. The number of Topliss-reactive ketones (excluding diaryl/α,β-unsaturated/α-hetero) is 1. The molecule has 2 bridgehead atoms. The van der Waals surface area contributed by atoms with Crippen molar-refractivity contribution in [3.8, 4) is 17.0 Å². The van der Waals surface area contributed by atoms with Gasteiger partial charge in [0.05, 0.1) is 24.5 Å². The predicted molar refractivity (Wildman–Crippen MR) is 178 cm³/mol. The number of hydrogen-bond acceptors (Lipinski definition) is 6. The van der Waals surface area contributed by atoms with Gasteiger partial charge in [0.25, 0.3) is 5.91 Å². The van der Waals surface area contributed by atoms with E-state index in [0.29, 0.717) is 25.3 Å². The number of sulfonamides is 1. The molecule has 0 radical (unpaired) electrons. The summed E-state index contributed by atoms with van der Waals surface area (Å²) in [6.45, 7) is 6.36. The van der Waals surface area contributed by atoms with Crippen LogP contribution in [-0.4, -0.2) is 60.9 Å². The molecule has 46 heavy (non-hydrogen) atoms. The molecule has 1 aliphatic carbocycles. The number of nitrogens with zero attached hydrogens (tertiary/aromatic N) is 2. The van der Waals surface area contributed by atoms with E-state index < -0.39 is 21.3 Å². The summed E-state index contributed by atoms with van der Waals surface area (Å²) in [4.78, 5) is 41.9. The van der Waals surface area contributed by atoms with Crippen LogP contribution in [-0.2, 0) is 26.2 Å². The lowest BCUT2D eigenvalue weighted by molar-refractivity contribution is -0.147. The number of nitrogens with one attached hydrogen (secondary N) is 1. The third-order valence-corrected chi connectivity index (χ3v) is 10.8. The first-order valence-electron chi connectivity index (χ1n) is 16.4. The summed E-state index contributed by atoms with van der Waals surface area (Å²) in [7, 11) is -2.11.